The molecule has 2 aliphatic rings. The Kier molecular flexibility index (Phi) is 4.73. The standard InChI is InChI=1S/C17H20N6O4S/c1-9-4-12(22-5-10(6-22)27-18-2)20-15-13(9)14(24)11(16(25)26)7-23(15)17-21(3)8-19-28-17/h4,7-8,10,17-18H,5-6H2,1-3H3,(H,25,26). The van der Waals surface area contributed by atoms with Crippen molar-refractivity contribution in [2.75, 3.05) is 32.1 Å². The van der Waals surface area contributed by atoms with Crippen molar-refractivity contribution in [3.63, 3.8) is 0 Å². The lowest BCUT2D eigenvalue weighted by molar-refractivity contribution is -0.0262. The van der Waals surface area contributed by atoms with Crippen LogP contribution in [-0.4, -0.2) is 65.2 Å². The molecule has 1 atom stereocenters. The van der Waals surface area contributed by atoms with Crippen molar-refractivity contribution in [2.45, 2.75) is 18.5 Å². The maximum Gasteiger partial charge on any atom is 0.341 e. The third-order valence-corrected chi connectivity index (χ3v) is 5.79. The molecule has 0 aromatic carbocycles. The minimum atomic E-state index is -1.26. The Bertz CT molecular complexity index is 1030. The Morgan fingerprint density at radius 1 is 1.43 bits per heavy atom. The molecule has 28 heavy (non-hydrogen) atoms. The number of anilines is 1. The highest BCUT2D eigenvalue weighted by atomic mass is 32.2. The van der Waals surface area contributed by atoms with Gasteiger partial charge in [-0.15, -0.1) is 0 Å². The van der Waals surface area contributed by atoms with Gasteiger partial charge in [0.2, 0.25) is 5.43 Å². The van der Waals surface area contributed by atoms with Crippen molar-refractivity contribution in [3.05, 3.63) is 33.6 Å². The Morgan fingerprint density at radius 3 is 2.79 bits per heavy atom. The van der Waals surface area contributed by atoms with E-state index in [0.29, 0.717) is 29.7 Å². The second kappa shape index (κ2) is 7.08. The summed E-state index contributed by atoms with van der Waals surface area (Å²) in [5.74, 6) is -0.533. The van der Waals surface area contributed by atoms with Crippen LogP contribution in [0.2, 0.25) is 0 Å². The van der Waals surface area contributed by atoms with E-state index in [1.165, 1.54) is 18.1 Å². The van der Waals surface area contributed by atoms with E-state index < -0.39 is 11.4 Å². The van der Waals surface area contributed by atoms with Gasteiger partial charge in [0, 0.05) is 45.3 Å². The van der Waals surface area contributed by atoms with Crippen molar-refractivity contribution in [1.29, 1.82) is 0 Å². The number of nitrogens with zero attached hydrogens (tertiary/aromatic N) is 5. The molecule has 11 heteroatoms. The zero-order valence-electron chi connectivity index (χ0n) is 15.6. The number of rotatable bonds is 5. The molecular formula is C17H20N6O4S. The van der Waals surface area contributed by atoms with E-state index in [-0.39, 0.29) is 17.2 Å². The molecule has 1 unspecified atom stereocenters. The summed E-state index contributed by atoms with van der Waals surface area (Å²) >= 11 is 1.27. The van der Waals surface area contributed by atoms with Crippen molar-refractivity contribution < 1.29 is 14.7 Å². The second-order valence-electron chi connectivity index (χ2n) is 6.75. The number of aromatic nitrogens is 2. The van der Waals surface area contributed by atoms with Gasteiger partial charge in [-0.05, 0) is 18.6 Å². The number of pyridine rings is 2. The summed E-state index contributed by atoms with van der Waals surface area (Å²) in [7, 11) is 3.56. The van der Waals surface area contributed by atoms with Crippen molar-refractivity contribution in [3.8, 4) is 0 Å². The summed E-state index contributed by atoms with van der Waals surface area (Å²) in [6.45, 7) is 3.16. The van der Waals surface area contributed by atoms with Gasteiger partial charge in [0.05, 0.1) is 5.39 Å². The van der Waals surface area contributed by atoms with Crippen LogP contribution in [-0.2, 0) is 4.84 Å². The first-order valence-corrected chi connectivity index (χ1v) is 9.52. The largest absolute Gasteiger partial charge is 0.477 e. The van der Waals surface area contributed by atoms with Crippen LogP contribution in [0.15, 0.2) is 21.5 Å². The number of nitrogens with one attached hydrogen (secondary N) is 1. The fourth-order valence-electron chi connectivity index (χ4n) is 3.38. The lowest BCUT2D eigenvalue weighted by Gasteiger charge is -2.39. The summed E-state index contributed by atoms with van der Waals surface area (Å²) in [4.78, 5) is 38.4. The van der Waals surface area contributed by atoms with Crippen LogP contribution in [0.5, 0.6) is 0 Å². The first-order valence-electron chi connectivity index (χ1n) is 8.69. The lowest BCUT2D eigenvalue weighted by Crippen LogP contribution is -2.54. The van der Waals surface area contributed by atoms with E-state index >= 15 is 0 Å². The van der Waals surface area contributed by atoms with Gasteiger partial charge >= 0.3 is 5.97 Å². The predicted molar refractivity (Wildman–Crippen MR) is 107 cm³/mol. The molecule has 2 aliphatic heterocycles. The molecular weight excluding hydrogens is 384 g/mol. The molecule has 2 aromatic rings. The van der Waals surface area contributed by atoms with Crippen LogP contribution in [0.25, 0.3) is 11.0 Å². The first kappa shape index (κ1) is 18.7. The maximum absolute atomic E-state index is 12.8. The quantitative estimate of drug-likeness (QED) is 0.552. The van der Waals surface area contributed by atoms with E-state index in [4.69, 9.17) is 9.82 Å². The fraction of sp³-hybridized carbons (Fsp3) is 0.412. The maximum atomic E-state index is 12.8. The highest BCUT2D eigenvalue weighted by Crippen LogP contribution is 2.34. The molecule has 0 amide bonds. The molecule has 0 spiro atoms. The number of hydrogen-bond acceptors (Lipinski definition) is 9. The van der Waals surface area contributed by atoms with Gasteiger partial charge in [-0.25, -0.2) is 19.7 Å². The summed E-state index contributed by atoms with van der Waals surface area (Å²) in [6, 6.07) is 1.82. The van der Waals surface area contributed by atoms with Crippen LogP contribution in [0, 0.1) is 6.92 Å². The molecule has 2 aromatic heterocycles. The lowest BCUT2D eigenvalue weighted by atomic mass is 10.1. The zero-order valence-corrected chi connectivity index (χ0v) is 16.4. The summed E-state index contributed by atoms with van der Waals surface area (Å²) in [5.41, 5.74) is 2.69. The van der Waals surface area contributed by atoms with Gasteiger partial charge < -0.3 is 14.9 Å². The highest BCUT2D eigenvalue weighted by Gasteiger charge is 2.31. The number of aryl methyl sites for hydroxylation is 1. The Labute approximate surface area is 164 Å². The van der Waals surface area contributed by atoms with E-state index in [9.17, 15) is 14.7 Å². The summed E-state index contributed by atoms with van der Waals surface area (Å²) in [5, 5.41) is 9.82. The number of hydroxylamine groups is 1. The molecule has 2 N–H and O–H groups in total. The van der Waals surface area contributed by atoms with Gasteiger partial charge in [-0.3, -0.25) is 14.2 Å². The van der Waals surface area contributed by atoms with Gasteiger partial charge in [0.25, 0.3) is 0 Å². The van der Waals surface area contributed by atoms with Crippen LogP contribution in [0.4, 0.5) is 5.82 Å². The van der Waals surface area contributed by atoms with Crippen LogP contribution in [0.1, 0.15) is 21.4 Å². The molecule has 0 saturated carbocycles. The molecule has 0 radical (unpaired) electrons. The minimum Gasteiger partial charge on any atom is -0.477 e. The highest BCUT2D eigenvalue weighted by molar-refractivity contribution is 7.98. The molecule has 0 bridgehead atoms. The van der Waals surface area contributed by atoms with Gasteiger partial charge in [-0.2, -0.15) is 0 Å². The van der Waals surface area contributed by atoms with Crippen molar-refractivity contribution in [2.24, 2.45) is 4.40 Å². The molecule has 1 fully saturated rings. The van der Waals surface area contributed by atoms with E-state index in [1.54, 1.807) is 24.9 Å². The Morgan fingerprint density at radius 2 is 2.18 bits per heavy atom. The summed E-state index contributed by atoms with van der Waals surface area (Å²) in [6.07, 6.45) is 3.09. The van der Waals surface area contributed by atoms with E-state index in [1.807, 2.05) is 18.0 Å². The average molecular weight is 404 g/mol. The number of carbonyl (C=O) groups is 1. The van der Waals surface area contributed by atoms with Gasteiger partial charge in [0.1, 0.15) is 29.5 Å². The molecule has 1 saturated heterocycles. The van der Waals surface area contributed by atoms with Gasteiger partial charge in [0.15, 0.2) is 5.50 Å². The molecule has 4 rings (SSSR count). The minimum absolute atomic E-state index is 0.0734. The zero-order chi connectivity index (χ0) is 20.0. The fourth-order valence-corrected chi connectivity index (χ4v) is 4.16. The number of carboxylic acid groups (broad SMARTS) is 1. The third-order valence-electron chi connectivity index (χ3n) is 4.83. The van der Waals surface area contributed by atoms with E-state index in [0.717, 1.165) is 5.82 Å². The average Bonchev–Trinajstić information content (AvgIpc) is 3.03. The predicted octanol–water partition coefficient (Wildman–Crippen LogP) is 0.821. The monoisotopic (exact) mass is 404 g/mol. The van der Waals surface area contributed by atoms with Crippen molar-refractivity contribution in [1.82, 2.24) is 19.9 Å². The van der Waals surface area contributed by atoms with E-state index in [2.05, 4.69) is 14.8 Å². The normalized spacial score (nSPS) is 19.5. The topological polar surface area (TPSA) is 112 Å². The molecule has 4 heterocycles. The van der Waals surface area contributed by atoms with Gasteiger partial charge in [-0.1, -0.05) is 0 Å². The SMILES string of the molecule is CNOC1CN(c2cc(C)c3c(=O)c(C(=O)O)cn(C4SN=CN4C)c3n2)C1. The smallest absolute Gasteiger partial charge is 0.341 e. The summed E-state index contributed by atoms with van der Waals surface area (Å²) < 4.78 is 5.88. The van der Waals surface area contributed by atoms with Crippen LogP contribution < -0.4 is 15.8 Å². The second-order valence-corrected chi connectivity index (χ2v) is 7.59. The third kappa shape index (κ3) is 3.01. The first-order chi connectivity index (χ1) is 13.4. The number of aromatic carboxylic acids is 1. The number of carboxylic acids is 1. The molecule has 10 nitrogen and oxygen atoms in total. The van der Waals surface area contributed by atoms with Crippen LogP contribution in [0.3, 0.4) is 0 Å². The Balaban J connectivity index is 1.86. The molecule has 148 valence electrons. The Hall–Kier alpha value is -2.63. The number of fused-ring (bicyclic) bond motifs is 1. The van der Waals surface area contributed by atoms with Crippen molar-refractivity contribution >= 4 is 41.1 Å². The molecule has 0 aliphatic carbocycles. The van der Waals surface area contributed by atoms with Crippen LogP contribution >= 0.6 is 11.9 Å². The number of hydrogen-bond donors (Lipinski definition) is 2.